The van der Waals surface area contributed by atoms with Crippen LogP contribution < -0.4 is 5.43 Å². The zero-order valence-electron chi connectivity index (χ0n) is 15.6. The number of hydrazone groups is 1. The van der Waals surface area contributed by atoms with Crippen LogP contribution in [0.3, 0.4) is 0 Å². The molecule has 2 aromatic rings. The Morgan fingerprint density at radius 2 is 1.63 bits per heavy atom. The lowest BCUT2D eigenvalue weighted by molar-refractivity contribution is -0.122. The third kappa shape index (κ3) is 6.27. The summed E-state index contributed by atoms with van der Waals surface area (Å²) < 4.78 is 1.02. The van der Waals surface area contributed by atoms with Crippen molar-refractivity contribution in [2.45, 2.75) is 13.5 Å². The summed E-state index contributed by atoms with van der Waals surface area (Å²) in [7, 11) is 0. The molecule has 0 unspecified atom stereocenters. The van der Waals surface area contributed by atoms with E-state index in [1.807, 2.05) is 37.3 Å². The predicted octanol–water partition coefficient (Wildman–Crippen LogP) is 3.11. The second-order valence-electron chi connectivity index (χ2n) is 6.78. The second-order valence-corrected chi connectivity index (χ2v) is 7.69. The molecular weight excluding hydrogens is 404 g/mol. The number of amides is 1. The van der Waals surface area contributed by atoms with Crippen LogP contribution in [-0.2, 0) is 11.3 Å². The summed E-state index contributed by atoms with van der Waals surface area (Å²) in [6.07, 6.45) is 0. The number of carbonyl (C=O) groups excluding carboxylic acids is 1. The molecule has 1 heterocycles. The molecule has 0 aliphatic carbocycles. The van der Waals surface area contributed by atoms with Crippen molar-refractivity contribution in [2.75, 3.05) is 32.7 Å². The van der Waals surface area contributed by atoms with Crippen LogP contribution in [0.2, 0.25) is 0 Å². The van der Waals surface area contributed by atoms with E-state index in [-0.39, 0.29) is 5.91 Å². The lowest BCUT2D eigenvalue weighted by Crippen LogP contribution is -2.48. The highest BCUT2D eigenvalue weighted by Gasteiger charge is 2.18. The molecule has 0 saturated carbocycles. The Kier molecular flexibility index (Phi) is 7.15. The molecule has 1 aliphatic rings. The molecule has 1 aliphatic heterocycles. The van der Waals surface area contributed by atoms with Gasteiger partial charge in [-0.1, -0.05) is 58.4 Å². The van der Waals surface area contributed by atoms with E-state index in [0.29, 0.717) is 6.54 Å². The molecule has 3 rings (SSSR count). The van der Waals surface area contributed by atoms with E-state index in [2.05, 4.69) is 60.5 Å². The van der Waals surface area contributed by atoms with Crippen molar-refractivity contribution < 1.29 is 4.79 Å². The molecule has 1 N–H and O–H groups in total. The van der Waals surface area contributed by atoms with Gasteiger partial charge in [-0.2, -0.15) is 5.10 Å². The van der Waals surface area contributed by atoms with Gasteiger partial charge in [-0.25, -0.2) is 5.43 Å². The van der Waals surface area contributed by atoms with Gasteiger partial charge in [-0.3, -0.25) is 14.6 Å². The smallest absolute Gasteiger partial charge is 0.254 e. The number of nitrogens with zero attached hydrogens (tertiary/aromatic N) is 3. The average Bonchev–Trinajstić information content (AvgIpc) is 2.69. The van der Waals surface area contributed by atoms with Crippen LogP contribution in [0.1, 0.15) is 18.1 Å². The van der Waals surface area contributed by atoms with Gasteiger partial charge in [0.05, 0.1) is 12.3 Å². The fourth-order valence-electron chi connectivity index (χ4n) is 3.09. The van der Waals surface area contributed by atoms with Gasteiger partial charge in [0.15, 0.2) is 0 Å². The number of piperazine rings is 1. The number of carbonyl (C=O) groups is 1. The minimum absolute atomic E-state index is 0.0667. The number of hydrogen-bond acceptors (Lipinski definition) is 4. The molecule has 1 fully saturated rings. The first-order valence-electron chi connectivity index (χ1n) is 9.18. The monoisotopic (exact) mass is 428 g/mol. The van der Waals surface area contributed by atoms with Crippen molar-refractivity contribution in [3.05, 3.63) is 70.2 Å². The van der Waals surface area contributed by atoms with Crippen LogP contribution in [0.5, 0.6) is 0 Å². The van der Waals surface area contributed by atoms with Crippen molar-refractivity contribution in [3.8, 4) is 0 Å². The Morgan fingerprint density at radius 1 is 1.00 bits per heavy atom. The van der Waals surface area contributed by atoms with Gasteiger partial charge in [-0.15, -0.1) is 0 Å². The molecule has 142 valence electrons. The molecule has 6 heteroatoms. The molecule has 0 aromatic heterocycles. The maximum Gasteiger partial charge on any atom is 0.254 e. The molecule has 27 heavy (non-hydrogen) atoms. The van der Waals surface area contributed by atoms with E-state index in [1.54, 1.807) is 0 Å². The lowest BCUT2D eigenvalue weighted by Gasteiger charge is -2.34. The molecule has 5 nitrogen and oxygen atoms in total. The highest BCUT2D eigenvalue weighted by Crippen LogP contribution is 2.11. The summed E-state index contributed by atoms with van der Waals surface area (Å²) in [5, 5.41) is 4.22. The first-order chi connectivity index (χ1) is 13.1. The van der Waals surface area contributed by atoms with Crippen molar-refractivity contribution in [3.63, 3.8) is 0 Å². The van der Waals surface area contributed by atoms with Crippen LogP contribution in [0.15, 0.2) is 64.2 Å². The molecule has 0 bridgehead atoms. The SMILES string of the molecule is CC(=NNC(=O)CN1CCN(Cc2ccccc2)CC1)c1ccc(Br)cc1. The highest BCUT2D eigenvalue weighted by molar-refractivity contribution is 9.10. The van der Waals surface area contributed by atoms with E-state index in [0.717, 1.165) is 48.5 Å². The standard InChI is InChI=1S/C21H25BrN4O/c1-17(19-7-9-20(22)10-8-19)23-24-21(27)16-26-13-11-25(12-14-26)15-18-5-3-2-4-6-18/h2-10H,11-16H2,1H3,(H,24,27). The van der Waals surface area contributed by atoms with Gasteiger partial charge in [0.1, 0.15) is 0 Å². The molecule has 2 aromatic carbocycles. The maximum absolute atomic E-state index is 12.2. The van der Waals surface area contributed by atoms with Crippen molar-refractivity contribution in [1.82, 2.24) is 15.2 Å². The van der Waals surface area contributed by atoms with Gasteiger partial charge < -0.3 is 0 Å². The Labute approximate surface area is 169 Å². The molecule has 0 atom stereocenters. The summed E-state index contributed by atoms with van der Waals surface area (Å²) in [6.45, 7) is 7.00. The molecular formula is C21H25BrN4O. The third-order valence-corrected chi connectivity index (χ3v) is 5.22. The average molecular weight is 429 g/mol. The van der Waals surface area contributed by atoms with Gasteiger partial charge in [-0.05, 0) is 30.2 Å². The number of nitrogens with one attached hydrogen (secondary N) is 1. The van der Waals surface area contributed by atoms with Crippen LogP contribution >= 0.6 is 15.9 Å². The zero-order valence-corrected chi connectivity index (χ0v) is 17.2. The molecule has 0 radical (unpaired) electrons. The fraction of sp³-hybridized carbons (Fsp3) is 0.333. The van der Waals surface area contributed by atoms with Crippen LogP contribution in [-0.4, -0.2) is 54.1 Å². The summed E-state index contributed by atoms with van der Waals surface area (Å²) in [4.78, 5) is 16.8. The van der Waals surface area contributed by atoms with Crippen molar-refractivity contribution in [1.29, 1.82) is 0 Å². The Hall–Kier alpha value is -2.02. The van der Waals surface area contributed by atoms with Gasteiger partial charge >= 0.3 is 0 Å². The van der Waals surface area contributed by atoms with Gasteiger partial charge in [0, 0.05) is 37.2 Å². The van der Waals surface area contributed by atoms with Crippen LogP contribution in [0, 0.1) is 0 Å². The second kappa shape index (κ2) is 9.78. The summed E-state index contributed by atoms with van der Waals surface area (Å²) in [6, 6.07) is 18.4. The highest BCUT2D eigenvalue weighted by atomic mass is 79.9. The lowest BCUT2D eigenvalue weighted by atomic mass is 10.1. The van der Waals surface area contributed by atoms with Crippen LogP contribution in [0.25, 0.3) is 0 Å². The maximum atomic E-state index is 12.2. The Morgan fingerprint density at radius 3 is 2.30 bits per heavy atom. The first kappa shape index (κ1) is 19.7. The predicted molar refractivity (Wildman–Crippen MR) is 113 cm³/mol. The Bertz CT molecular complexity index is 769. The van der Waals surface area contributed by atoms with Gasteiger partial charge in [0.2, 0.25) is 0 Å². The number of rotatable bonds is 6. The Balaban J connectivity index is 1.41. The summed E-state index contributed by atoms with van der Waals surface area (Å²) >= 11 is 3.42. The molecule has 1 saturated heterocycles. The zero-order chi connectivity index (χ0) is 19.1. The minimum Gasteiger partial charge on any atom is -0.297 e. The fourth-order valence-corrected chi connectivity index (χ4v) is 3.35. The van der Waals surface area contributed by atoms with E-state index in [1.165, 1.54) is 5.56 Å². The quantitative estimate of drug-likeness (QED) is 0.567. The van der Waals surface area contributed by atoms with Crippen molar-refractivity contribution in [2.24, 2.45) is 5.10 Å². The topological polar surface area (TPSA) is 47.9 Å². The van der Waals surface area contributed by atoms with Crippen molar-refractivity contribution >= 4 is 27.5 Å². The number of benzene rings is 2. The van der Waals surface area contributed by atoms with E-state index < -0.39 is 0 Å². The summed E-state index contributed by atoms with van der Waals surface area (Å²) in [5.41, 5.74) is 5.80. The van der Waals surface area contributed by atoms with E-state index >= 15 is 0 Å². The largest absolute Gasteiger partial charge is 0.297 e. The number of hydrogen-bond donors (Lipinski definition) is 1. The minimum atomic E-state index is -0.0667. The molecule has 0 spiro atoms. The number of halogens is 1. The van der Waals surface area contributed by atoms with E-state index in [4.69, 9.17) is 0 Å². The normalized spacial score (nSPS) is 16.3. The van der Waals surface area contributed by atoms with Crippen LogP contribution in [0.4, 0.5) is 0 Å². The first-order valence-corrected chi connectivity index (χ1v) is 9.97. The van der Waals surface area contributed by atoms with Gasteiger partial charge in [0.25, 0.3) is 5.91 Å². The van der Waals surface area contributed by atoms with E-state index in [9.17, 15) is 4.79 Å². The summed E-state index contributed by atoms with van der Waals surface area (Å²) in [5.74, 6) is -0.0667. The third-order valence-electron chi connectivity index (χ3n) is 4.69. The molecule has 1 amide bonds.